The van der Waals surface area contributed by atoms with Gasteiger partial charge in [-0.1, -0.05) is 23.2 Å². The zero-order valence-corrected chi connectivity index (χ0v) is 14.5. The molecule has 0 N–H and O–H groups in total. The third-order valence-electron chi connectivity index (χ3n) is 3.39. The number of nitro groups is 1. The molecule has 2 aromatic rings. The van der Waals surface area contributed by atoms with Crippen LogP contribution in [0.4, 0.5) is 5.69 Å². The molecule has 2 aromatic carbocycles. The van der Waals surface area contributed by atoms with E-state index in [2.05, 4.69) is 0 Å². The summed E-state index contributed by atoms with van der Waals surface area (Å²) in [4.78, 5) is 24.4. The van der Waals surface area contributed by atoms with Crippen molar-refractivity contribution in [2.24, 2.45) is 0 Å². The summed E-state index contributed by atoms with van der Waals surface area (Å²) in [7, 11) is 3.02. The largest absolute Gasteiger partial charge is 0.496 e. The molecule has 0 saturated carbocycles. The predicted octanol–water partition coefficient (Wildman–Crippen LogP) is 4.18. The van der Waals surface area contributed by atoms with Crippen LogP contribution in [-0.2, 0) is 6.54 Å². The molecule has 1 amide bonds. The number of halogens is 2. The molecule has 0 spiro atoms. The summed E-state index contributed by atoms with van der Waals surface area (Å²) in [5.74, 6) is 0.0540. The number of carbonyl (C=O) groups is 1. The first-order valence-corrected chi connectivity index (χ1v) is 7.61. The lowest BCUT2D eigenvalue weighted by Crippen LogP contribution is -2.26. The first kappa shape index (κ1) is 18.0. The molecule has 24 heavy (non-hydrogen) atoms. The fraction of sp³-hybridized carbons (Fsp3) is 0.188. The van der Waals surface area contributed by atoms with Crippen molar-refractivity contribution in [1.82, 2.24) is 4.90 Å². The smallest absolute Gasteiger partial charge is 0.269 e. The molecule has 0 aliphatic rings. The van der Waals surface area contributed by atoms with E-state index in [1.807, 2.05) is 0 Å². The van der Waals surface area contributed by atoms with Gasteiger partial charge in [0, 0.05) is 35.8 Å². The lowest BCUT2D eigenvalue weighted by molar-refractivity contribution is -0.384. The van der Waals surface area contributed by atoms with Crippen molar-refractivity contribution in [1.29, 1.82) is 0 Å². The molecule has 0 unspecified atom stereocenters. The second-order valence-corrected chi connectivity index (χ2v) is 5.88. The Morgan fingerprint density at radius 1 is 1.25 bits per heavy atom. The van der Waals surface area contributed by atoms with Gasteiger partial charge in [0.25, 0.3) is 11.6 Å². The minimum atomic E-state index is -0.512. The average Bonchev–Trinajstić information content (AvgIpc) is 2.55. The van der Waals surface area contributed by atoms with Crippen LogP contribution in [0.2, 0.25) is 10.0 Å². The Morgan fingerprint density at radius 3 is 2.58 bits per heavy atom. The van der Waals surface area contributed by atoms with Gasteiger partial charge in [-0.15, -0.1) is 0 Å². The summed E-state index contributed by atoms with van der Waals surface area (Å²) in [5, 5.41) is 11.6. The van der Waals surface area contributed by atoms with E-state index in [-0.39, 0.29) is 18.1 Å². The van der Waals surface area contributed by atoms with Gasteiger partial charge in [0.1, 0.15) is 5.75 Å². The minimum absolute atomic E-state index is 0.0874. The highest BCUT2D eigenvalue weighted by molar-refractivity contribution is 6.31. The zero-order chi connectivity index (χ0) is 17.9. The van der Waals surface area contributed by atoms with Crippen molar-refractivity contribution in [3.63, 3.8) is 0 Å². The second kappa shape index (κ2) is 7.51. The van der Waals surface area contributed by atoms with Crippen molar-refractivity contribution >= 4 is 34.8 Å². The number of rotatable bonds is 5. The lowest BCUT2D eigenvalue weighted by atomic mass is 10.1. The molecule has 0 aliphatic carbocycles. The van der Waals surface area contributed by atoms with Crippen LogP contribution in [0, 0.1) is 10.1 Å². The number of nitro benzene ring substituents is 1. The van der Waals surface area contributed by atoms with Gasteiger partial charge in [-0.25, -0.2) is 0 Å². The highest BCUT2D eigenvalue weighted by atomic mass is 35.5. The number of hydrogen-bond donors (Lipinski definition) is 0. The van der Waals surface area contributed by atoms with E-state index in [9.17, 15) is 14.9 Å². The Bertz CT molecular complexity index is 796. The first-order valence-electron chi connectivity index (χ1n) is 6.85. The van der Waals surface area contributed by atoms with E-state index in [4.69, 9.17) is 27.9 Å². The number of nitrogens with zero attached hydrogens (tertiary/aromatic N) is 2. The van der Waals surface area contributed by atoms with Crippen LogP contribution in [-0.4, -0.2) is 29.9 Å². The van der Waals surface area contributed by atoms with Gasteiger partial charge >= 0.3 is 0 Å². The highest BCUT2D eigenvalue weighted by Gasteiger charge is 2.19. The lowest BCUT2D eigenvalue weighted by Gasteiger charge is -2.19. The summed E-state index contributed by atoms with van der Waals surface area (Å²) < 4.78 is 5.17. The fourth-order valence-corrected chi connectivity index (χ4v) is 2.53. The van der Waals surface area contributed by atoms with Crippen LogP contribution in [0.25, 0.3) is 0 Å². The molecule has 8 heteroatoms. The Labute approximate surface area is 148 Å². The SMILES string of the molecule is COc1ccc(Cl)cc1C(=O)N(C)Cc1cc([N+](=O)[O-])ccc1Cl. The molecule has 0 fully saturated rings. The van der Waals surface area contributed by atoms with Crippen molar-refractivity contribution < 1.29 is 14.5 Å². The van der Waals surface area contributed by atoms with Gasteiger partial charge in [0.2, 0.25) is 0 Å². The molecule has 0 aliphatic heterocycles. The number of hydrogen-bond acceptors (Lipinski definition) is 4. The van der Waals surface area contributed by atoms with Gasteiger partial charge in [-0.3, -0.25) is 14.9 Å². The van der Waals surface area contributed by atoms with Crippen LogP contribution in [0.15, 0.2) is 36.4 Å². The maximum absolute atomic E-state index is 12.6. The summed E-state index contributed by atoms with van der Waals surface area (Å²) in [6, 6.07) is 8.83. The fourth-order valence-electron chi connectivity index (χ4n) is 2.18. The highest BCUT2D eigenvalue weighted by Crippen LogP contribution is 2.26. The Hall–Kier alpha value is -2.31. The van der Waals surface area contributed by atoms with Crippen LogP contribution in [0.1, 0.15) is 15.9 Å². The molecular weight excluding hydrogens is 355 g/mol. The quantitative estimate of drug-likeness (QED) is 0.585. The third kappa shape index (κ3) is 3.96. The van der Waals surface area contributed by atoms with E-state index in [0.29, 0.717) is 26.9 Å². The number of amides is 1. The summed E-state index contributed by atoms with van der Waals surface area (Å²) >= 11 is 12.0. The molecular formula is C16H14Cl2N2O4. The topological polar surface area (TPSA) is 72.7 Å². The van der Waals surface area contributed by atoms with Crippen molar-refractivity contribution in [2.45, 2.75) is 6.54 Å². The summed E-state index contributed by atoms with van der Waals surface area (Å²) in [6.07, 6.45) is 0. The average molecular weight is 369 g/mol. The Kier molecular flexibility index (Phi) is 5.64. The molecule has 2 rings (SSSR count). The van der Waals surface area contributed by atoms with Crippen LogP contribution < -0.4 is 4.74 Å². The Morgan fingerprint density at radius 2 is 1.96 bits per heavy atom. The molecule has 0 heterocycles. The summed E-state index contributed by atoms with van der Waals surface area (Å²) in [5.41, 5.74) is 0.687. The molecule has 0 radical (unpaired) electrons. The van der Waals surface area contributed by atoms with E-state index in [0.717, 1.165) is 0 Å². The molecule has 0 bridgehead atoms. The van der Waals surface area contributed by atoms with E-state index in [1.165, 1.54) is 36.3 Å². The maximum atomic E-state index is 12.6. The Balaban J connectivity index is 2.28. The summed E-state index contributed by atoms with van der Waals surface area (Å²) in [6.45, 7) is 0.106. The van der Waals surface area contributed by atoms with Gasteiger partial charge in [-0.05, 0) is 29.8 Å². The van der Waals surface area contributed by atoms with Crippen LogP contribution >= 0.6 is 23.2 Å². The van der Waals surface area contributed by atoms with Gasteiger partial charge in [0.05, 0.1) is 17.6 Å². The molecule has 0 atom stereocenters. The molecule has 6 nitrogen and oxygen atoms in total. The van der Waals surface area contributed by atoms with E-state index >= 15 is 0 Å². The van der Waals surface area contributed by atoms with Crippen molar-refractivity contribution in [3.05, 3.63) is 67.7 Å². The number of benzene rings is 2. The number of ether oxygens (including phenoxy) is 1. The maximum Gasteiger partial charge on any atom is 0.269 e. The third-order valence-corrected chi connectivity index (χ3v) is 3.99. The normalized spacial score (nSPS) is 10.3. The van der Waals surface area contributed by atoms with Gasteiger partial charge < -0.3 is 9.64 Å². The van der Waals surface area contributed by atoms with Gasteiger partial charge in [-0.2, -0.15) is 0 Å². The van der Waals surface area contributed by atoms with E-state index < -0.39 is 4.92 Å². The standard InChI is InChI=1S/C16H14Cl2N2O4/c1-19(9-10-7-12(20(22)23)4-5-14(10)18)16(21)13-8-11(17)3-6-15(13)24-2/h3-8H,9H2,1-2H3. The van der Waals surface area contributed by atoms with Crippen molar-refractivity contribution in [2.75, 3.05) is 14.2 Å². The molecule has 0 saturated heterocycles. The van der Waals surface area contributed by atoms with Crippen molar-refractivity contribution in [3.8, 4) is 5.75 Å². The molecule has 126 valence electrons. The van der Waals surface area contributed by atoms with Crippen LogP contribution in [0.3, 0.4) is 0 Å². The zero-order valence-electron chi connectivity index (χ0n) is 13.0. The predicted molar refractivity (Wildman–Crippen MR) is 91.9 cm³/mol. The minimum Gasteiger partial charge on any atom is -0.496 e. The van der Waals surface area contributed by atoms with Crippen LogP contribution in [0.5, 0.6) is 5.75 Å². The van der Waals surface area contributed by atoms with Gasteiger partial charge in [0.15, 0.2) is 0 Å². The molecule has 0 aromatic heterocycles. The van der Waals surface area contributed by atoms with E-state index in [1.54, 1.807) is 19.2 Å². The first-order chi connectivity index (χ1) is 11.3. The number of methoxy groups -OCH3 is 1. The number of carbonyl (C=O) groups excluding carboxylic acids is 1. The number of non-ortho nitro benzene ring substituents is 1. The monoisotopic (exact) mass is 368 g/mol. The second-order valence-electron chi connectivity index (χ2n) is 5.04.